The summed E-state index contributed by atoms with van der Waals surface area (Å²) in [5.41, 5.74) is 1.46. The lowest BCUT2D eigenvalue weighted by Gasteiger charge is -2.17. The first kappa shape index (κ1) is 20.1. The van der Waals surface area contributed by atoms with E-state index in [0.717, 1.165) is 10.5 Å². The molecule has 0 saturated carbocycles. The van der Waals surface area contributed by atoms with Gasteiger partial charge in [0.1, 0.15) is 12.6 Å². The zero-order valence-corrected chi connectivity index (χ0v) is 15.5. The number of carbonyl (C=O) groups excluding carboxylic acids is 3. The van der Waals surface area contributed by atoms with Crippen LogP contribution >= 0.6 is 0 Å². The van der Waals surface area contributed by atoms with E-state index in [2.05, 4.69) is 5.32 Å². The molecular weight excluding hydrogens is 376 g/mol. The van der Waals surface area contributed by atoms with Gasteiger partial charge in [0.25, 0.3) is 11.8 Å². The molecule has 1 aliphatic heterocycles. The lowest BCUT2D eigenvalue weighted by atomic mass is 10.1. The van der Waals surface area contributed by atoms with Gasteiger partial charge in [-0.05, 0) is 30.5 Å². The van der Waals surface area contributed by atoms with Crippen LogP contribution in [-0.4, -0.2) is 46.5 Å². The van der Waals surface area contributed by atoms with E-state index in [-0.39, 0.29) is 26.0 Å². The molecule has 0 bridgehead atoms. The molecule has 29 heavy (non-hydrogen) atoms. The topological polar surface area (TPSA) is 113 Å². The number of benzene rings is 2. The van der Waals surface area contributed by atoms with Crippen molar-refractivity contribution in [2.24, 2.45) is 0 Å². The van der Waals surface area contributed by atoms with Gasteiger partial charge in [0.15, 0.2) is 0 Å². The first-order valence-corrected chi connectivity index (χ1v) is 9.12. The van der Waals surface area contributed by atoms with E-state index in [9.17, 15) is 24.3 Å². The molecule has 3 rings (SSSR count). The van der Waals surface area contributed by atoms with Crippen LogP contribution in [0.5, 0.6) is 0 Å². The van der Waals surface area contributed by atoms with E-state index in [1.165, 1.54) is 0 Å². The minimum atomic E-state index is -1.22. The molecule has 8 heteroatoms. The van der Waals surface area contributed by atoms with Gasteiger partial charge in [0, 0.05) is 6.54 Å². The van der Waals surface area contributed by atoms with E-state index in [0.29, 0.717) is 11.1 Å². The summed E-state index contributed by atoms with van der Waals surface area (Å²) in [6.45, 7) is 0.0882. The van der Waals surface area contributed by atoms with Crippen LogP contribution in [0.15, 0.2) is 54.6 Å². The summed E-state index contributed by atoms with van der Waals surface area (Å²) in [4.78, 5) is 49.0. The number of ether oxygens (including phenoxy) is 1. The molecule has 2 aromatic rings. The van der Waals surface area contributed by atoms with Crippen molar-refractivity contribution >= 4 is 23.9 Å². The molecule has 0 aromatic heterocycles. The average Bonchev–Trinajstić information content (AvgIpc) is 2.97. The number of rotatable bonds is 8. The van der Waals surface area contributed by atoms with Crippen molar-refractivity contribution in [2.75, 3.05) is 6.54 Å². The Morgan fingerprint density at radius 3 is 2.14 bits per heavy atom. The predicted octanol–water partition coefficient (Wildman–Crippen LogP) is 2.44. The Balaban J connectivity index is 1.49. The minimum Gasteiger partial charge on any atom is -0.480 e. The molecule has 2 aromatic carbocycles. The molecule has 150 valence electrons. The van der Waals surface area contributed by atoms with Gasteiger partial charge in [-0.3, -0.25) is 14.5 Å². The molecule has 0 spiro atoms. The summed E-state index contributed by atoms with van der Waals surface area (Å²) in [6.07, 6.45) is -0.577. The van der Waals surface area contributed by atoms with Gasteiger partial charge >= 0.3 is 12.1 Å². The Bertz CT molecular complexity index is 893. The third kappa shape index (κ3) is 4.78. The smallest absolute Gasteiger partial charge is 0.408 e. The van der Waals surface area contributed by atoms with Crippen molar-refractivity contribution in [1.29, 1.82) is 0 Å². The Morgan fingerprint density at radius 2 is 1.55 bits per heavy atom. The largest absolute Gasteiger partial charge is 0.480 e. The van der Waals surface area contributed by atoms with Crippen LogP contribution in [-0.2, 0) is 16.1 Å². The number of amides is 3. The van der Waals surface area contributed by atoms with Gasteiger partial charge in [-0.1, -0.05) is 42.5 Å². The lowest BCUT2D eigenvalue weighted by molar-refractivity contribution is -0.139. The van der Waals surface area contributed by atoms with Crippen LogP contribution in [0, 0.1) is 0 Å². The van der Waals surface area contributed by atoms with Gasteiger partial charge in [-0.25, -0.2) is 9.59 Å². The molecule has 1 atom stereocenters. The highest BCUT2D eigenvalue weighted by molar-refractivity contribution is 6.21. The van der Waals surface area contributed by atoms with Crippen LogP contribution in [0.2, 0.25) is 0 Å². The van der Waals surface area contributed by atoms with Gasteiger partial charge in [0.2, 0.25) is 0 Å². The van der Waals surface area contributed by atoms with Crippen molar-refractivity contribution in [3.63, 3.8) is 0 Å². The van der Waals surface area contributed by atoms with Crippen molar-refractivity contribution in [1.82, 2.24) is 10.2 Å². The van der Waals surface area contributed by atoms with E-state index < -0.39 is 29.9 Å². The number of imide groups is 1. The standard InChI is InChI=1S/C21H20N2O6/c24-18-15-9-4-5-10-16(15)19(25)23(18)12-6-11-17(20(26)27)22-21(28)29-13-14-7-2-1-3-8-14/h1-5,7-10,17H,6,11-13H2,(H,22,28)(H,26,27)/t17-/m1/s1. The number of fused-ring (bicyclic) bond motifs is 1. The highest BCUT2D eigenvalue weighted by Crippen LogP contribution is 2.22. The number of carboxylic acid groups (broad SMARTS) is 1. The van der Waals surface area contributed by atoms with Crippen molar-refractivity contribution < 1.29 is 29.0 Å². The number of hydrogen-bond acceptors (Lipinski definition) is 5. The number of carboxylic acids is 1. The van der Waals surface area contributed by atoms with Crippen molar-refractivity contribution in [3.05, 3.63) is 71.3 Å². The Morgan fingerprint density at radius 1 is 0.966 bits per heavy atom. The fraction of sp³-hybridized carbons (Fsp3) is 0.238. The van der Waals surface area contributed by atoms with Gasteiger partial charge in [0.05, 0.1) is 11.1 Å². The fourth-order valence-corrected chi connectivity index (χ4v) is 3.06. The summed E-state index contributed by atoms with van der Waals surface area (Å²) < 4.78 is 5.03. The average molecular weight is 396 g/mol. The van der Waals surface area contributed by atoms with Crippen LogP contribution in [0.25, 0.3) is 0 Å². The third-order valence-corrected chi connectivity index (χ3v) is 4.56. The Kier molecular flexibility index (Phi) is 6.23. The molecule has 2 N–H and O–H groups in total. The zero-order chi connectivity index (χ0) is 20.8. The number of carbonyl (C=O) groups is 4. The number of hydrogen-bond donors (Lipinski definition) is 2. The summed E-state index contributed by atoms with van der Waals surface area (Å²) in [5.74, 6) is -2.01. The predicted molar refractivity (Wildman–Crippen MR) is 102 cm³/mol. The second-order valence-corrected chi connectivity index (χ2v) is 6.55. The van der Waals surface area contributed by atoms with Crippen molar-refractivity contribution in [2.45, 2.75) is 25.5 Å². The van der Waals surface area contributed by atoms with Crippen LogP contribution < -0.4 is 5.32 Å². The summed E-state index contributed by atoms with van der Waals surface area (Å²) in [7, 11) is 0. The first-order valence-electron chi connectivity index (χ1n) is 9.12. The highest BCUT2D eigenvalue weighted by atomic mass is 16.5. The monoisotopic (exact) mass is 396 g/mol. The maximum atomic E-state index is 12.3. The molecule has 1 aliphatic rings. The molecule has 0 unspecified atom stereocenters. The van der Waals surface area contributed by atoms with Crippen LogP contribution in [0.3, 0.4) is 0 Å². The molecule has 0 saturated heterocycles. The summed E-state index contributed by atoms with van der Waals surface area (Å²) in [5, 5.41) is 11.6. The molecule has 0 fully saturated rings. The van der Waals surface area contributed by atoms with Crippen LogP contribution in [0.4, 0.5) is 4.79 Å². The number of nitrogens with zero attached hydrogens (tertiary/aromatic N) is 1. The van der Waals surface area contributed by atoms with Crippen molar-refractivity contribution in [3.8, 4) is 0 Å². The van der Waals surface area contributed by atoms with Gasteiger partial charge < -0.3 is 15.2 Å². The second-order valence-electron chi connectivity index (χ2n) is 6.55. The molecule has 3 amide bonds. The fourth-order valence-electron chi connectivity index (χ4n) is 3.06. The first-order chi connectivity index (χ1) is 14.0. The number of aliphatic carboxylic acids is 1. The summed E-state index contributed by atoms with van der Waals surface area (Å²) in [6, 6.07) is 14.3. The van der Waals surface area contributed by atoms with Gasteiger partial charge in [-0.2, -0.15) is 0 Å². The van der Waals surface area contributed by atoms with Gasteiger partial charge in [-0.15, -0.1) is 0 Å². The van der Waals surface area contributed by atoms with E-state index in [1.54, 1.807) is 48.5 Å². The highest BCUT2D eigenvalue weighted by Gasteiger charge is 2.34. The maximum Gasteiger partial charge on any atom is 0.408 e. The molecular formula is C21H20N2O6. The SMILES string of the molecule is O=C(N[C@H](CCCN1C(=O)c2ccccc2C1=O)C(=O)O)OCc1ccccc1. The number of alkyl carbamates (subject to hydrolysis) is 1. The summed E-state index contributed by atoms with van der Waals surface area (Å²) >= 11 is 0. The normalized spacial score (nSPS) is 13.7. The molecule has 1 heterocycles. The lowest BCUT2D eigenvalue weighted by Crippen LogP contribution is -2.41. The van der Waals surface area contributed by atoms with E-state index in [4.69, 9.17) is 4.74 Å². The van der Waals surface area contributed by atoms with Crippen LogP contribution in [0.1, 0.15) is 39.1 Å². The second kappa shape index (κ2) is 9.01. The van der Waals surface area contributed by atoms with E-state index in [1.807, 2.05) is 6.07 Å². The molecule has 8 nitrogen and oxygen atoms in total. The Hall–Kier alpha value is -3.68. The van der Waals surface area contributed by atoms with E-state index >= 15 is 0 Å². The maximum absolute atomic E-state index is 12.3. The minimum absolute atomic E-state index is 0.0219. The molecule has 0 radical (unpaired) electrons. The zero-order valence-electron chi connectivity index (χ0n) is 15.5. The molecule has 0 aliphatic carbocycles. The quantitative estimate of drug-likeness (QED) is 0.663. The Labute approximate surface area is 167 Å². The third-order valence-electron chi connectivity index (χ3n) is 4.56. The number of nitrogens with one attached hydrogen (secondary N) is 1.